The molecule has 7 nitrogen and oxygen atoms in total. The number of carbonyl (C=O) groups is 1. The van der Waals surface area contributed by atoms with Crippen LogP contribution in [0.15, 0.2) is 65.6 Å². The zero-order chi connectivity index (χ0) is 22.7. The van der Waals surface area contributed by atoms with Crippen LogP contribution in [-0.4, -0.2) is 25.7 Å². The van der Waals surface area contributed by atoms with Crippen LogP contribution in [0, 0.1) is 0 Å². The van der Waals surface area contributed by atoms with Crippen molar-refractivity contribution in [2.45, 2.75) is 26.1 Å². The molecular formula is C22H17F3N4O3. The number of nitrogens with zero attached hydrogens (tertiary/aromatic N) is 4. The second-order valence-corrected chi connectivity index (χ2v) is 6.90. The number of halogens is 3. The van der Waals surface area contributed by atoms with Crippen LogP contribution in [0.2, 0.25) is 0 Å². The van der Waals surface area contributed by atoms with Gasteiger partial charge in [0.25, 0.3) is 0 Å². The second-order valence-electron chi connectivity index (χ2n) is 6.90. The summed E-state index contributed by atoms with van der Waals surface area (Å²) in [4.78, 5) is 19.9. The van der Waals surface area contributed by atoms with Crippen molar-refractivity contribution in [1.29, 1.82) is 0 Å². The third-order valence-electron chi connectivity index (χ3n) is 4.64. The minimum Gasteiger partial charge on any atom is -0.421 e. The van der Waals surface area contributed by atoms with Crippen molar-refractivity contribution >= 4 is 5.97 Å². The number of imidazole rings is 1. The van der Waals surface area contributed by atoms with Crippen molar-refractivity contribution in [3.05, 3.63) is 83.8 Å². The molecule has 4 aromatic rings. The lowest BCUT2D eigenvalue weighted by atomic mass is 10.1. The average molecular weight is 442 g/mol. The molecule has 0 amide bonds. The van der Waals surface area contributed by atoms with Crippen LogP contribution in [0.5, 0.6) is 5.75 Å². The molecule has 0 radical (unpaired) electrons. The summed E-state index contributed by atoms with van der Waals surface area (Å²) in [6, 6.07) is 13.9. The fourth-order valence-corrected chi connectivity index (χ4v) is 3.03. The topological polar surface area (TPSA) is 83.0 Å². The smallest absolute Gasteiger partial charge is 0.421 e. The third-order valence-corrected chi connectivity index (χ3v) is 4.64. The lowest BCUT2D eigenvalue weighted by Crippen LogP contribution is -2.10. The molecule has 4 rings (SSSR count). The minimum atomic E-state index is -4.69. The highest BCUT2D eigenvalue weighted by Gasteiger charge is 2.38. The van der Waals surface area contributed by atoms with Crippen molar-refractivity contribution in [2.75, 3.05) is 0 Å². The maximum atomic E-state index is 12.6. The Labute approximate surface area is 180 Å². The summed E-state index contributed by atoms with van der Waals surface area (Å²) < 4.78 is 49.2. The SMILES string of the molecule is CCc1ccccc1OC(=O)c1cn(Cc2ccc(-c3noc(C(F)(F)F)n3)cc2)cn1. The molecule has 0 spiro atoms. The number of para-hydroxylation sites is 1. The molecule has 0 fully saturated rings. The van der Waals surface area contributed by atoms with E-state index in [2.05, 4.69) is 19.6 Å². The van der Waals surface area contributed by atoms with Crippen LogP contribution < -0.4 is 4.74 Å². The number of ether oxygens (including phenoxy) is 1. The van der Waals surface area contributed by atoms with Gasteiger partial charge in [-0.1, -0.05) is 54.5 Å². The van der Waals surface area contributed by atoms with Gasteiger partial charge in [-0.15, -0.1) is 0 Å². The molecule has 0 aliphatic rings. The van der Waals surface area contributed by atoms with Gasteiger partial charge in [0.05, 0.1) is 6.33 Å². The molecule has 164 valence electrons. The zero-order valence-electron chi connectivity index (χ0n) is 16.8. The Morgan fingerprint density at radius 3 is 2.56 bits per heavy atom. The zero-order valence-corrected chi connectivity index (χ0v) is 16.8. The van der Waals surface area contributed by atoms with Crippen molar-refractivity contribution in [2.24, 2.45) is 0 Å². The minimum absolute atomic E-state index is 0.149. The summed E-state index contributed by atoms with van der Waals surface area (Å²) in [6.45, 7) is 2.37. The van der Waals surface area contributed by atoms with Crippen LogP contribution in [0.3, 0.4) is 0 Å². The number of alkyl halides is 3. The Hall–Kier alpha value is -3.95. The molecular weight excluding hydrogens is 425 g/mol. The summed E-state index contributed by atoms with van der Waals surface area (Å²) in [5.74, 6) is -1.60. The Kier molecular flexibility index (Phi) is 5.76. The lowest BCUT2D eigenvalue weighted by Gasteiger charge is -2.07. The molecule has 0 saturated carbocycles. The second kappa shape index (κ2) is 8.66. The first-order valence-corrected chi connectivity index (χ1v) is 9.65. The molecule has 0 N–H and O–H groups in total. The van der Waals surface area contributed by atoms with E-state index in [1.54, 1.807) is 47.2 Å². The van der Waals surface area contributed by atoms with Gasteiger partial charge in [-0.05, 0) is 23.6 Å². The van der Waals surface area contributed by atoms with Crippen LogP contribution in [0.25, 0.3) is 11.4 Å². The van der Waals surface area contributed by atoms with E-state index in [0.29, 0.717) is 17.9 Å². The molecule has 0 atom stereocenters. The van der Waals surface area contributed by atoms with E-state index in [0.717, 1.165) is 17.5 Å². The molecule has 10 heteroatoms. The Bertz CT molecular complexity index is 1230. The van der Waals surface area contributed by atoms with Gasteiger partial charge >= 0.3 is 18.0 Å². The number of rotatable bonds is 6. The van der Waals surface area contributed by atoms with Crippen LogP contribution in [0.4, 0.5) is 13.2 Å². The number of hydrogen-bond acceptors (Lipinski definition) is 6. The number of esters is 1. The maximum absolute atomic E-state index is 12.6. The Morgan fingerprint density at radius 1 is 1.12 bits per heavy atom. The molecule has 2 aromatic carbocycles. The predicted molar refractivity (Wildman–Crippen MR) is 107 cm³/mol. The monoisotopic (exact) mass is 442 g/mol. The molecule has 0 unspecified atom stereocenters. The van der Waals surface area contributed by atoms with E-state index >= 15 is 0 Å². The number of benzene rings is 2. The van der Waals surface area contributed by atoms with Gasteiger partial charge in [0.1, 0.15) is 5.75 Å². The van der Waals surface area contributed by atoms with Gasteiger partial charge in [0.2, 0.25) is 5.82 Å². The van der Waals surface area contributed by atoms with Crippen molar-refractivity contribution in [3.63, 3.8) is 0 Å². The van der Waals surface area contributed by atoms with E-state index in [9.17, 15) is 18.0 Å². The Morgan fingerprint density at radius 2 is 1.88 bits per heavy atom. The van der Waals surface area contributed by atoms with Crippen LogP contribution in [0.1, 0.15) is 34.4 Å². The average Bonchev–Trinajstić information content (AvgIpc) is 3.45. The number of aromatic nitrogens is 4. The third kappa shape index (κ3) is 4.69. The molecule has 32 heavy (non-hydrogen) atoms. The number of carbonyl (C=O) groups excluding carboxylic acids is 1. The van der Waals surface area contributed by atoms with E-state index < -0.39 is 18.0 Å². The van der Waals surface area contributed by atoms with E-state index in [1.165, 1.54) is 6.33 Å². The quantitative estimate of drug-likeness (QED) is 0.316. The molecule has 0 saturated heterocycles. The lowest BCUT2D eigenvalue weighted by molar-refractivity contribution is -0.159. The molecule has 2 heterocycles. The van der Waals surface area contributed by atoms with Crippen molar-refractivity contribution in [3.8, 4) is 17.1 Å². The normalized spacial score (nSPS) is 11.5. The van der Waals surface area contributed by atoms with Gasteiger partial charge in [-0.2, -0.15) is 18.2 Å². The first kappa shape index (κ1) is 21.3. The molecule has 2 aromatic heterocycles. The molecule has 0 aliphatic carbocycles. The fraction of sp³-hybridized carbons (Fsp3) is 0.182. The summed E-state index contributed by atoms with van der Waals surface area (Å²) >= 11 is 0. The van der Waals surface area contributed by atoms with E-state index in [-0.39, 0.29) is 11.5 Å². The number of hydrogen-bond donors (Lipinski definition) is 0. The summed E-state index contributed by atoms with van der Waals surface area (Å²) in [6.07, 6.45) is -0.885. The Balaban J connectivity index is 1.42. The van der Waals surface area contributed by atoms with Gasteiger partial charge < -0.3 is 13.8 Å². The summed E-state index contributed by atoms with van der Waals surface area (Å²) in [5, 5.41) is 3.36. The highest BCUT2D eigenvalue weighted by molar-refractivity contribution is 5.88. The predicted octanol–water partition coefficient (Wildman–Crippen LogP) is 4.78. The largest absolute Gasteiger partial charge is 0.471 e. The van der Waals surface area contributed by atoms with E-state index in [4.69, 9.17) is 4.74 Å². The standard InChI is InChI=1S/C22H17F3N4O3/c1-2-15-5-3-4-6-18(15)31-20(30)17-12-29(13-26-17)11-14-7-9-16(10-8-14)19-27-21(32-28-19)22(23,24)25/h3-10,12-13H,2,11H2,1H3. The fourth-order valence-electron chi connectivity index (χ4n) is 3.03. The maximum Gasteiger partial charge on any atom is 0.471 e. The van der Waals surface area contributed by atoms with Gasteiger partial charge in [0.15, 0.2) is 5.69 Å². The van der Waals surface area contributed by atoms with Crippen LogP contribution in [-0.2, 0) is 19.1 Å². The van der Waals surface area contributed by atoms with E-state index in [1.807, 2.05) is 19.1 Å². The van der Waals surface area contributed by atoms with Crippen molar-refractivity contribution < 1.29 is 27.2 Å². The summed E-state index contributed by atoms with van der Waals surface area (Å²) in [7, 11) is 0. The van der Waals surface area contributed by atoms with Gasteiger partial charge in [0, 0.05) is 18.3 Å². The van der Waals surface area contributed by atoms with Crippen LogP contribution >= 0.6 is 0 Å². The summed E-state index contributed by atoms with van der Waals surface area (Å²) in [5.41, 5.74) is 2.31. The van der Waals surface area contributed by atoms with Crippen molar-refractivity contribution in [1.82, 2.24) is 19.7 Å². The number of aryl methyl sites for hydroxylation is 1. The first-order chi connectivity index (χ1) is 15.3. The highest BCUT2D eigenvalue weighted by atomic mass is 19.4. The molecule has 0 aliphatic heterocycles. The molecule has 0 bridgehead atoms. The first-order valence-electron chi connectivity index (χ1n) is 9.65. The van der Waals surface area contributed by atoms with Gasteiger partial charge in [-0.3, -0.25) is 0 Å². The highest BCUT2D eigenvalue weighted by Crippen LogP contribution is 2.29. The van der Waals surface area contributed by atoms with Gasteiger partial charge in [-0.25, -0.2) is 9.78 Å².